The highest BCUT2D eigenvalue weighted by molar-refractivity contribution is 6.32. The molecule has 7 nitrogen and oxygen atoms in total. The van der Waals surface area contributed by atoms with Gasteiger partial charge >= 0.3 is 6.03 Å². The van der Waals surface area contributed by atoms with Gasteiger partial charge in [0.2, 0.25) is 6.79 Å². The van der Waals surface area contributed by atoms with Crippen LogP contribution in [0.3, 0.4) is 0 Å². The summed E-state index contributed by atoms with van der Waals surface area (Å²) in [5.74, 6) is 0.0849. The second-order valence-corrected chi connectivity index (χ2v) is 6.82. The fourth-order valence-corrected chi connectivity index (χ4v) is 3.52. The van der Waals surface area contributed by atoms with E-state index in [1.807, 2.05) is 0 Å². The smallest absolute Gasteiger partial charge is 0.325 e. The van der Waals surface area contributed by atoms with Gasteiger partial charge in [-0.2, -0.15) is 0 Å². The number of nitrogens with zero attached hydrogens (tertiary/aromatic N) is 1. The zero-order valence-electron chi connectivity index (χ0n) is 14.3. The highest BCUT2D eigenvalue weighted by atomic mass is 35.5. The molecule has 4 rings (SSSR count). The van der Waals surface area contributed by atoms with E-state index in [2.05, 4.69) is 5.32 Å². The van der Waals surface area contributed by atoms with E-state index in [1.54, 1.807) is 43.3 Å². The first-order valence-corrected chi connectivity index (χ1v) is 8.60. The second-order valence-electron chi connectivity index (χ2n) is 6.42. The molecule has 8 heteroatoms. The molecule has 1 atom stereocenters. The van der Waals surface area contributed by atoms with Crippen LogP contribution in [-0.4, -0.2) is 36.0 Å². The summed E-state index contributed by atoms with van der Waals surface area (Å²) in [5, 5.41) is 3.00. The summed E-state index contributed by atoms with van der Waals surface area (Å²) in [6.45, 7) is 1.28. The maximum Gasteiger partial charge on any atom is 0.325 e. The molecule has 2 aromatic rings. The van der Waals surface area contributed by atoms with E-state index in [4.69, 9.17) is 21.1 Å². The number of hydrogen-bond donors (Lipinski definition) is 1. The summed E-state index contributed by atoms with van der Waals surface area (Å²) >= 11 is 6.20. The maximum atomic E-state index is 12.9. The molecule has 0 aromatic heterocycles. The van der Waals surface area contributed by atoms with Crippen molar-refractivity contribution in [2.75, 3.05) is 13.3 Å². The van der Waals surface area contributed by atoms with Gasteiger partial charge in [-0.3, -0.25) is 14.5 Å². The Bertz CT molecular complexity index is 976. The molecule has 138 valence electrons. The van der Waals surface area contributed by atoms with Crippen LogP contribution >= 0.6 is 11.6 Å². The number of ketones is 1. The molecular formula is C19H15ClN2O5. The van der Waals surface area contributed by atoms with Crippen LogP contribution in [0.1, 0.15) is 22.8 Å². The summed E-state index contributed by atoms with van der Waals surface area (Å²) in [4.78, 5) is 38.8. The fourth-order valence-electron chi connectivity index (χ4n) is 3.19. The van der Waals surface area contributed by atoms with Gasteiger partial charge in [0.1, 0.15) is 5.54 Å². The lowest BCUT2D eigenvalue weighted by Crippen LogP contribution is -2.41. The summed E-state index contributed by atoms with van der Waals surface area (Å²) in [7, 11) is 0. The molecule has 1 N–H and O–H groups in total. The van der Waals surface area contributed by atoms with E-state index in [0.717, 1.165) is 4.90 Å². The third-order valence-corrected chi connectivity index (χ3v) is 5.01. The van der Waals surface area contributed by atoms with Crippen molar-refractivity contribution in [1.82, 2.24) is 10.2 Å². The summed E-state index contributed by atoms with van der Waals surface area (Å²) in [6, 6.07) is 10.9. The number of urea groups is 1. The Labute approximate surface area is 159 Å². The molecule has 3 amide bonds. The normalized spacial score (nSPS) is 20.7. The van der Waals surface area contributed by atoms with Gasteiger partial charge in [0.25, 0.3) is 5.91 Å². The Morgan fingerprint density at radius 2 is 1.93 bits per heavy atom. The van der Waals surface area contributed by atoms with Gasteiger partial charge in [-0.25, -0.2) is 4.79 Å². The van der Waals surface area contributed by atoms with E-state index < -0.39 is 17.5 Å². The van der Waals surface area contributed by atoms with Crippen LogP contribution < -0.4 is 14.8 Å². The number of halogens is 1. The molecule has 0 radical (unpaired) electrons. The molecule has 0 saturated carbocycles. The monoisotopic (exact) mass is 386 g/mol. The molecule has 27 heavy (non-hydrogen) atoms. The number of Topliss-reactive ketones (excluding diaryl/α,β-unsaturated/α-hetero) is 1. The van der Waals surface area contributed by atoms with Gasteiger partial charge in [-0.1, -0.05) is 29.8 Å². The summed E-state index contributed by atoms with van der Waals surface area (Å²) in [5.41, 5.74) is -0.529. The van der Waals surface area contributed by atoms with Crippen molar-refractivity contribution in [2.24, 2.45) is 0 Å². The van der Waals surface area contributed by atoms with Crippen LogP contribution in [0.4, 0.5) is 4.79 Å². The standard InChI is InChI=1S/C19H15ClN2O5/c1-19(12-4-2-3-5-13(12)20)17(24)22(18(25)21-19)9-14(23)11-6-7-15-16(8-11)27-10-26-15/h2-8H,9-10H2,1H3,(H,21,25)/t19-/m1/s1. The molecule has 1 saturated heterocycles. The van der Waals surface area contributed by atoms with Crippen molar-refractivity contribution >= 4 is 29.3 Å². The average molecular weight is 387 g/mol. The number of carbonyl (C=O) groups excluding carboxylic acids is 3. The van der Waals surface area contributed by atoms with E-state index in [1.165, 1.54) is 6.07 Å². The number of hydrogen-bond acceptors (Lipinski definition) is 5. The predicted molar refractivity (Wildman–Crippen MR) is 95.9 cm³/mol. The van der Waals surface area contributed by atoms with Gasteiger partial charge < -0.3 is 14.8 Å². The topological polar surface area (TPSA) is 84.9 Å². The van der Waals surface area contributed by atoms with Crippen molar-refractivity contribution < 1.29 is 23.9 Å². The van der Waals surface area contributed by atoms with Gasteiger partial charge in [0.05, 0.1) is 6.54 Å². The first-order valence-electron chi connectivity index (χ1n) is 8.22. The van der Waals surface area contributed by atoms with Crippen LogP contribution in [0.25, 0.3) is 0 Å². The van der Waals surface area contributed by atoms with E-state index in [9.17, 15) is 14.4 Å². The number of imide groups is 1. The minimum atomic E-state index is -1.33. The molecule has 2 heterocycles. The second kappa shape index (κ2) is 6.28. The Hall–Kier alpha value is -3.06. The molecule has 2 aliphatic heterocycles. The number of fused-ring (bicyclic) bond motifs is 1. The van der Waals surface area contributed by atoms with Crippen molar-refractivity contribution in [1.29, 1.82) is 0 Å². The average Bonchev–Trinajstić information content (AvgIpc) is 3.20. The number of rotatable bonds is 4. The van der Waals surface area contributed by atoms with Gasteiger partial charge in [0.15, 0.2) is 17.3 Å². The fraction of sp³-hybridized carbons (Fsp3) is 0.211. The lowest BCUT2D eigenvalue weighted by Gasteiger charge is -2.23. The first kappa shape index (κ1) is 17.4. The van der Waals surface area contributed by atoms with E-state index in [0.29, 0.717) is 27.6 Å². The van der Waals surface area contributed by atoms with Gasteiger partial charge in [0, 0.05) is 16.1 Å². The Morgan fingerprint density at radius 3 is 2.70 bits per heavy atom. The molecule has 1 fully saturated rings. The SMILES string of the molecule is C[C@]1(c2ccccc2Cl)NC(=O)N(CC(=O)c2ccc3c(c2)OCO3)C1=O. The zero-order chi connectivity index (χ0) is 19.2. The molecule has 0 aliphatic carbocycles. The van der Waals surface area contributed by atoms with E-state index >= 15 is 0 Å². The van der Waals surface area contributed by atoms with Gasteiger partial charge in [-0.15, -0.1) is 0 Å². The third kappa shape index (κ3) is 2.80. The van der Waals surface area contributed by atoms with Crippen molar-refractivity contribution in [3.05, 3.63) is 58.6 Å². The van der Waals surface area contributed by atoms with Crippen LogP contribution in [0.15, 0.2) is 42.5 Å². The highest BCUT2D eigenvalue weighted by Gasteiger charge is 2.50. The van der Waals surface area contributed by atoms with Crippen LogP contribution in [0.2, 0.25) is 5.02 Å². The number of ether oxygens (including phenoxy) is 2. The lowest BCUT2D eigenvalue weighted by atomic mass is 9.92. The number of amides is 3. The maximum absolute atomic E-state index is 12.9. The minimum absolute atomic E-state index is 0.0934. The summed E-state index contributed by atoms with van der Waals surface area (Å²) in [6.07, 6.45) is 0. The van der Waals surface area contributed by atoms with Crippen LogP contribution in [-0.2, 0) is 10.3 Å². The molecule has 2 aromatic carbocycles. The van der Waals surface area contributed by atoms with Crippen molar-refractivity contribution in [3.63, 3.8) is 0 Å². The first-order chi connectivity index (χ1) is 12.9. The molecule has 2 aliphatic rings. The Kier molecular flexibility index (Phi) is 4.04. The minimum Gasteiger partial charge on any atom is -0.454 e. The largest absolute Gasteiger partial charge is 0.454 e. The molecule has 0 bridgehead atoms. The number of nitrogens with one attached hydrogen (secondary N) is 1. The third-order valence-electron chi connectivity index (χ3n) is 4.68. The lowest BCUT2D eigenvalue weighted by molar-refractivity contribution is -0.130. The molecular weight excluding hydrogens is 372 g/mol. The summed E-state index contributed by atoms with van der Waals surface area (Å²) < 4.78 is 10.5. The highest BCUT2D eigenvalue weighted by Crippen LogP contribution is 2.35. The quantitative estimate of drug-likeness (QED) is 0.645. The van der Waals surface area contributed by atoms with E-state index in [-0.39, 0.29) is 19.1 Å². The molecule has 0 spiro atoms. The molecule has 0 unspecified atom stereocenters. The number of carbonyl (C=O) groups is 3. The Balaban J connectivity index is 1.58. The predicted octanol–water partition coefficient (Wildman–Crippen LogP) is 2.72. The van der Waals surface area contributed by atoms with Gasteiger partial charge in [-0.05, 0) is 31.2 Å². The van der Waals surface area contributed by atoms with Crippen LogP contribution in [0.5, 0.6) is 11.5 Å². The number of benzene rings is 2. The zero-order valence-corrected chi connectivity index (χ0v) is 15.1. The van der Waals surface area contributed by atoms with Crippen LogP contribution in [0, 0.1) is 0 Å². The van der Waals surface area contributed by atoms with Crippen molar-refractivity contribution in [3.8, 4) is 11.5 Å². The van der Waals surface area contributed by atoms with Crippen molar-refractivity contribution in [2.45, 2.75) is 12.5 Å². The Morgan fingerprint density at radius 1 is 1.19 bits per heavy atom.